The van der Waals surface area contributed by atoms with Gasteiger partial charge >= 0.3 is 0 Å². The quantitative estimate of drug-likeness (QED) is 0.684. The Kier molecular flexibility index (Phi) is 5.65. The van der Waals surface area contributed by atoms with Crippen LogP contribution in [-0.4, -0.2) is 7.05 Å². The van der Waals surface area contributed by atoms with Crippen molar-refractivity contribution in [2.45, 2.75) is 19.6 Å². The summed E-state index contributed by atoms with van der Waals surface area (Å²) in [6.07, 6.45) is 0. The van der Waals surface area contributed by atoms with Crippen LogP contribution in [0.3, 0.4) is 0 Å². The van der Waals surface area contributed by atoms with Gasteiger partial charge in [0, 0.05) is 25.3 Å². The van der Waals surface area contributed by atoms with E-state index >= 15 is 0 Å². The van der Waals surface area contributed by atoms with Gasteiger partial charge in [-0.3, -0.25) is 0 Å². The Morgan fingerprint density at radius 3 is 1.71 bits per heavy atom. The summed E-state index contributed by atoms with van der Waals surface area (Å²) >= 11 is 0. The molecule has 0 atom stereocenters. The molecule has 3 aromatic carbocycles. The van der Waals surface area contributed by atoms with Crippen molar-refractivity contribution in [2.24, 2.45) is 0 Å². The second kappa shape index (κ2) is 8.32. The van der Waals surface area contributed by atoms with Crippen molar-refractivity contribution in [1.82, 2.24) is 5.32 Å². The molecule has 3 rings (SSSR count). The second-order valence-electron chi connectivity index (χ2n) is 5.99. The molecule has 0 radical (unpaired) electrons. The standard InChI is InChI=1S/C22H24N2/c1-23-16-21-14-8-9-15-22(21)24(17-19-10-4-2-5-11-19)18-20-12-6-3-7-13-20/h2-15,23H,16-18H2,1H3. The first kappa shape index (κ1) is 16.3. The summed E-state index contributed by atoms with van der Waals surface area (Å²) < 4.78 is 0. The number of para-hydroxylation sites is 1. The highest BCUT2D eigenvalue weighted by Gasteiger charge is 2.12. The molecule has 0 aliphatic carbocycles. The third-order valence-corrected chi connectivity index (χ3v) is 4.13. The summed E-state index contributed by atoms with van der Waals surface area (Å²) in [5, 5.41) is 3.28. The van der Waals surface area contributed by atoms with Gasteiger partial charge in [-0.05, 0) is 29.8 Å². The largest absolute Gasteiger partial charge is 0.363 e. The zero-order valence-electron chi connectivity index (χ0n) is 14.2. The van der Waals surface area contributed by atoms with Crippen LogP contribution < -0.4 is 10.2 Å². The minimum absolute atomic E-state index is 0.871. The van der Waals surface area contributed by atoms with E-state index in [4.69, 9.17) is 0 Å². The van der Waals surface area contributed by atoms with E-state index in [-0.39, 0.29) is 0 Å². The van der Waals surface area contributed by atoms with E-state index in [2.05, 4.69) is 95.1 Å². The van der Waals surface area contributed by atoms with Crippen LogP contribution in [0.1, 0.15) is 16.7 Å². The molecular weight excluding hydrogens is 292 g/mol. The van der Waals surface area contributed by atoms with Crippen molar-refractivity contribution in [3.05, 3.63) is 102 Å². The van der Waals surface area contributed by atoms with Crippen LogP contribution >= 0.6 is 0 Å². The third kappa shape index (κ3) is 4.24. The van der Waals surface area contributed by atoms with Crippen LogP contribution in [-0.2, 0) is 19.6 Å². The van der Waals surface area contributed by atoms with E-state index in [1.807, 2.05) is 7.05 Å². The molecule has 0 bridgehead atoms. The molecule has 2 nitrogen and oxygen atoms in total. The van der Waals surface area contributed by atoms with Gasteiger partial charge in [-0.25, -0.2) is 0 Å². The fourth-order valence-corrected chi connectivity index (χ4v) is 2.99. The lowest BCUT2D eigenvalue weighted by molar-refractivity contribution is 0.768. The number of rotatable bonds is 7. The topological polar surface area (TPSA) is 15.3 Å². The average Bonchev–Trinajstić information content (AvgIpc) is 2.64. The summed E-state index contributed by atoms with van der Waals surface area (Å²) in [4.78, 5) is 2.46. The molecule has 0 unspecified atom stereocenters. The van der Waals surface area contributed by atoms with Gasteiger partial charge in [0.1, 0.15) is 0 Å². The van der Waals surface area contributed by atoms with Crippen LogP contribution in [0.5, 0.6) is 0 Å². The highest BCUT2D eigenvalue weighted by molar-refractivity contribution is 5.54. The molecule has 1 N–H and O–H groups in total. The maximum Gasteiger partial charge on any atom is 0.0433 e. The van der Waals surface area contributed by atoms with Crippen LogP contribution in [0.25, 0.3) is 0 Å². The van der Waals surface area contributed by atoms with E-state index in [9.17, 15) is 0 Å². The first-order chi connectivity index (χ1) is 11.9. The lowest BCUT2D eigenvalue weighted by atomic mass is 10.1. The fourth-order valence-electron chi connectivity index (χ4n) is 2.99. The number of hydrogen-bond acceptors (Lipinski definition) is 2. The first-order valence-electron chi connectivity index (χ1n) is 8.42. The van der Waals surface area contributed by atoms with Crippen LogP contribution in [0, 0.1) is 0 Å². The fraction of sp³-hybridized carbons (Fsp3) is 0.182. The van der Waals surface area contributed by atoms with Gasteiger partial charge in [0.25, 0.3) is 0 Å². The van der Waals surface area contributed by atoms with Gasteiger partial charge in [-0.15, -0.1) is 0 Å². The van der Waals surface area contributed by atoms with Gasteiger partial charge in [-0.2, -0.15) is 0 Å². The third-order valence-electron chi connectivity index (χ3n) is 4.13. The Morgan fingerprint density at radius 2 is 1.17 bits per heavy atom. The summed E-state index contributed by atoms with van der Waals surface area (Å²) in [7, 11) is 2.00. The molecule has 0 saturated carbocycles. The molecule has 0 aliphatic rings. The normalized spacial score (nSPS) is 10.5. The van der Waals surface area contributed by atoms with E-state index in [1.54, 1.807) is 0 Å². The first-order valence-corrected chi connectivity index (χ1v) is 8.42. The Balaban J connectivity index is 1.92. The van der Waals surface area contributed by atoms with Crippen molar-refractivity contribution in [1.29, 1.82) is 0 Å². The zero-order chi connectivity index (χ0) is 16.6. The maximum atomic E-state index is 3.28. The molecule has 0 amide bonds. The Morgan fingerprint density at radius 1 is 0.667 bits per heavy atom. The summed E-state index contributed by atoms with van der Waals surface area (Å²) in [5.41, 5.74) is 5.27. The highest BCUT2D eigenvalue weighted by atomic mass is 15.1. The molecule has 2 heteroatoms. The second-order valence-corrected chi connectivity index (χ2v) is 5.99. The highest BCUT2D eigenvalue weighted by Crippen LogP contribution is 2.24. The Hall–Kier alpha value is -2.58. The molecule has 0 aliphatic heterocycles. The van der Waals surface area contributed by atoms with Gasteiger partial charge < -0.3 is 10.2 Å². The Labute approximate surface area is 144 Å². The van der Waals surface area contributed by atoms with E-state index in [0.717, 1.165) is 19.6 Å². The number of nitrogens with zero attached hydrogens (tertiary/aromatic N) is 1. The maximum absolute atomic E-state index is 3.28. The monoisotopic (exact) mass is 316 g/mol. The summed E-state index contributed by atoms with van der Waals surface area (Å²) in [6.45, 7) is 2.67. The van der Waals surface area contributed by atoms with E-state index in [1.165, 1.54) is 22.4 Å². The van der Waals surface area contributed by atoms with E-state index < -0.39 is 0 Å². The minimum Gasteiger partial charge on any atom is -0.363 e. The SMILES string of the molecule is CNCc1ccccc1N(Cc1ccccc1)Cc1ccccc1. The minimum atomic E-state index is 0.871. The van der Waals surface area contributed by atoms with Crippen molar-refractivity contribution >= 4 is 5.69 Å². The van der Waals surface area contributed by atoms with Crippen LogP contribution in [0.4, 0.5) is 5.69 Å². The molecule has 0 aromatic heterocycles. The number of nitrogens with one attached hydrogen (secondary N) is 1. The average molecular weight is 316 g/mol. The summed E-state index contributed by atoms with van der Waals surface area (Å²) in [5.74, 6) is 0. The lowest BCUT2D eigenvalue weighted by Gasteiger charge is -2.27. The molecule has 0 spiro atoms. The molecular formula is C22H24N2. The molecule has 0 saturated heterocycles. The smallest absolute Gasteiger partial charge is 0.0433 e. The van der Waals surface area contributed by atoms with Crippen LogP contribution in [0.15, 0.2) is 84.9 Å². The van der Waals surface area contributed by atoms with Crippen LogP contribution in [0.2, 0.25) is 0 Å². The van der Waals surface area contributed by atoms with E-state index in [0.29, 0.717) is 0 Å². The predicted molar refractivity (Wildman–Crippen MR) is 102 cm³/mol. The Bertz CT molecular complexity index is 697. The molecule has 0 heterocycles. The predicted octanol–water partition coefficient (Wildman–Crippen LogP) is 4.61. The van der Waals surface area contributed by atoms with Crippen molar-refractivity contribution in [3.63, 3.8) is 0 Å². The molecule has 24 heavy (non-hydrogen) atoms. The van der Waals surface area contributed by atoms with Crippen molar-refractivity contribution < 1.29 is 0 Å². The van der Waals surface area contributed by atoms with Gasteiger partial charge in [0.2, 0.25) is 0 Å². The summed E-state index contributed by atoms with van der Waals surface area (Å²) in [6, 6.07) is 30.0. The van der Waals surface area contributed by atoms with Gasteiger partial charge in [0.05, 0.1) is 0 Å². The number of hydrogen-bond donors (Lipinski definition) is 1. The molecule has 3 aromatic rings. The zero-order valence-corrected chi connectivity index (χ0v) is 14.2. The van der Waals surface area contributed by atoms with Gasteiger partial charge in [0.15, 0.2) is 0 Å². The lowest BCUT2D eigenvalue weighted by Crippen LogP contribution is -2.24. The molecule has 122 valence electrons. The molecule has 0 fully saturated rings. The van der Waals surface area contributed by atoms with Gasteiger partial charge in [-0.1, -0.05) is 78.9 Å². The van der Waals surface area contributed by atoms with Crippen molar-refractivity contribution in [3.8, 4) is 0 Å². The number of benzene rings is 3. The van der Waals surface area contributed by atoms with Crippen molar-refractivity contribution in [2.75, 3.05) is 11.9 Å². The number of anilines is 1.